The molecule has 1 aromatic carbocycles. The fourth-order valence-electron chi connectivity index (χ4n) is 4.03. The molecule has 0 spiro atoms. The average Bonchev–Trinajstić information content (AvgIpc) is 3.39. The standard InChI is InChI=1S/C22H27N5O/c1-3-25(4-2)22-21-20(23-16-24-22)18(17-10-6-5-7-11-17)14-27(21)15-19(28)26-12-8-9-13-26/h5-7,10-11,14,16H,3-4,8-9,12-13,15H2,1-2H3. The minimum Gasteiger partial charge on any atom is -0.355 e. The first kappa shape index (κ1) is 18.5. The van der Waals surface area contributed by atoms with Crippen molar-refractivity contribution in [1.82, 2.24) is 19.4 Å². The number of likely N-dealkylation sites (tertiary alicyclic amines) is 1. The van der Waals surface area contributed by atoms with Crippen molar-refractivity contribution in [3.8, 4) is 11.1 Å². The van der Waals surface area contributed by atoms with Crippen LogP contribution < -0.4 is 4.90 Å². The number of hydrogen-bond donors (Lipinski definition) is 0. The lowest BCUT2D eigenvalue weighted by Crippen LogP contribution is -2.31. The highest BCUT2D eigenvalue weighted by Gasteiger charge is 2.23. The van der Waals surface area contributed by atoms with Crippen molar-refractivity contribution >= 4 is 22.8 Å². The maximum absolute atomic E-state index is 12.9. The summed E-state index contributed by atoms with van der Waals surface area (Å²) in [6, 6.07) is 10.2. The Morgan fingerprint density at radius 1 is 1.07 bits per heavy atom. The quantitative estimate of drug-likeness (QED) is 0.659. The summed E-state index contributed by atoms with van der Waals surface area (Å²) in [4.78, 5) is 26.3. The van der Waals surface area contributed by atoms with Gasteiger partial charge in [-0.25, -0.2) is 9.97 Å². The van der Waals surface area contributed by atoms with Crippen LogP contribution in [0.1, 0.15) is 26.7 Å². The van der Waals surface area contributed by atoms with Crippen LogP contribution in [0.3, 0.4) is 0 Å². The molecule has 3 aromatic rings. The Morgan fingerprint density at radius 3 is 2.46 bits per heavy atom. The van der Waals surface area contributed by atoms with Gasteiger partial charge >= 0.3 is 0 Å². The molecular weight excluding hydrogens is 350 g/mol. The summed E-state index contributed by atoms with van der Waals surface area (Å²) in [6.07, 6.45) is 5.90. The van der Waals surface area contributed by atoms with Crippen molar-refractivity contribution < 1.29 is 4.79 Å². The molecule has 0 N–H and O–H groups in total. The maximum Gasteiger partial charge on any atom is 0.242 e. The lowest BCUT2D eigenvalue weighted by atomic mass is 10.1. The van der Waals surface area contributed by atoms with E-state index in [2.05, 4.69) is 47.0 Å². The second-order valence-electron chi connectivity index (χ2n) is 7.19. The van der Waals surface area contributed by atoms with Gasteiger partial charge in [0.2, 0.25) is 5.91 Å². The molecule has 0 saturated carbocycles. The summed E-state index contributed by atoms with van der Waals surface area (Å²) in [5, 5.41) is 0. The summed E-state index contributed by atoms with van der Waals surface area (Å²) >= 11 is 0. The smallest absolute Gasteiger partial charge is 0.242 e. The van der Waals surface area contributed by atoms with E-state index in [-0.39, 0.29) is 5.91 Å². The summed E-state index contributed by atoms with van der Waals surface area (Å²) in [5.74, 6) is 1.06. The molecule has 6 nitrogen and oxygen atoms in total. The van der Waals surface area contributed by atoms with Gasteiger partial charge in [0.25, 0.3) is 0 Å². The van der Waals surface area contributed by atoms with Crippen molar-refractivity contribution in [3.05, 3.63) is 42.9 Å². The molecule has 0 atom stereocenters. The number of carbonyl (C=O) groups is 1. The molecule has 0 aliphatic carbocycles. The predicted octanol–water partition coefficient (Wildman–Crippen LogP) is 3.57. The molecule has 1 saturated heterocycles. The number of aromatic nitrogens is 3. The van der Waals surface area contributed by atoms with Gasteiger partial charge < -0.3 is 14.4 Å². The third-order valence-corrected chi connectivity index (χ3v) is 5.54. The molecule has 6 heteroatoms. The van der Waals surface area contributed by atoms with Crippen molar-refractivity contribution in [2.24, 2.45) is 0 Å². The molecule has 0 bridgehead atoms. The fraction of sp³-hybridized carbons (Fsp3) is 0.409. The third kappa shape index (κ3) is 3.35. The van der Waals surface area contributed by atoms with Crippen LogP contribution in [0.15, 0.2) is 42.9 Å². The van der Waals surface area contributed by atoms with Gasteiger partial charge in [-0.15, -0.1) is 0 Å². The Balaban J connectivity index is 1.85. The van der Waals surface area contributed by atoms with Gasteiger partial charge in [0.15, 0.2) is 5.82 Å². The van der Waals surface area contributed by atoms with E-state index in [9.17, 15) is 4.79 Å². The van der Waals surface area contributed by atoms with E-state index >= 15 is 0 Å². The predicted molar refractivity (Wildman–Crippen MR) is 112 cm³/mol. The number of benzene rings is 1. The van der Waals surface area contributed by atoms with Gasteiger partial charge in [-0.1, -0.05) is 30.3 Å². The topological polar surface area (TPSA) is 54.3 Å². The molecular formula is C22H27N5O. The average molecular weight is 377 g/mol. The normalized spacial score (nSPS) is 14.0. The van der Waals surface area contributed by atoms with Crippen LogP contribution in [0, 0.1) is 0 Å². The van der Waals surface area contributed by atoms with Crippen LogP contribution in [-0.2, 0) is 11.3 Å². The minimum atomic E-state index is 0.170. The summed E-state index contributed by atoms with van der Waals surface area (Å²) in [5.41, 5.74) is 3.99. The van der Waals surface area contributed by atoms with E-state index in [1.54, 1.807) is 6.33 Å². The van der Waals surface area contributed by atoms with Gasteiger partial charge in [0, 0.05) is 37.9 Å². The Hall–Kier alpha value is -2.89. The first-order valence-electron chi connectivity index (χ1n) is 10.1. The highest BCUT2D eigenvalue weighted by molar-refractivity contribution is 5.99. The van der Waals surface area contributed by atoms with Crippen molar-refractivity contribution in [1.29, 1.82) is 0 Å². The number of hydrogen-bond acceptors (Lipinski definition) is 4. The Kier molecular flexibility index (Phi) is 5.28. The summed E-state index contributed by atoms with van der Waals surface area (Å²) in [6.45, 7) is 8.01. The van der Waals surface area contributed by atoms with E-state index in [0.717, 1.165) is 67.0 Å². The fourth-order valence-corrected chi connectivity index (χ4v) is 4.03. The molecule has 2 aromatic heterocycles. The molecule has 1 aliphatic heterocycles. The van der Waals surface area contributed by atoms with Crippen LogP contribution >= 0.6 is 0 Å². The van der Waals surface area contributed by atoms with E-state index in [0.29, 0.717) is 6.54 Å². The van der Waals surface area contributed by atoms with Gasteiger partial charge in [-0.05, 0) is 32.3 Å². The highest BCUT2D eigenvalue weighted by Crippen LogP contribution is 2.33. The SMILES string of the molecule is CCN(CC)c1ncnc2c(-c3ccccc3)cn(CC(=O)N3CCCC3)c12. The molecule has 0 unspecified atom stereocenters. The van der Waals surface area contributed by atoms with Crippen LogP contribution in [0.5, 0.6) is 0 Å². The van der Waals surface area contributed by atoms with Crippen molar-refractivity contribution in [2.75, 3.05) is 31.1 Å². The zero-order valence-corrected chi connectivity index (χ0v) is 16.6. The zero-order chi connectivity index (χ0) is 19.5. The maximum atomic E-state index is 12.9. The molecule has 146 valence electrons. The second-order valence-corrected chi connectivity index (χ2v) is 7.19. The Labute approximate surface area is 165 Å². The van der Waals surface area contributed by atoms with E-state index in [1.807, 2.05) is 27.7 Å². The van der Waals surface area contributed by atoms with Crippen LogP contribution in [0.2, 0.25) is 0 Å². The third-order valence-electron chi connectivity index (χ3n) is 5.54. The number of anilines is 1. The Bertz CT molecular complexity index is 956. The first-order valence-corrected chi connectivity index (χ1v) is 10.1. The molecule has 28 heavy (non-hydrogen) atoms. The lowest BCUT2D eigenvalue weighted by molar-refractivity contribution is -0.130. The van der Waals surface area contributed by atoms with Crippen molar-refractivity contribution in [2.45, 2.75) is 33.2 Å². The summed E-state index contributed by atoms with van der Waals surface area (Å²) < 4.78 is 2.05. The van der Waals surface area contributed by atoms with Gasteiger partial charge in [0.1, 0.15) is 23.9 Å². The number of nitrogens with zero attached hydrogens (tertiary/aromatic N) is 5. The highest BCUT2D eigenvalue weighted by atomic mass is 16.2. The zero-order valence-electron chi connectivity index (χ0n) is 16.6. The monoisotopic (exact) mass is 377 g/mol. The van der Waals surface area contributed by atoms with E-state index in [4.69, 9.17) is 0 Å². The minimum absolute atomic E-state index is 0.170. The Morgan fingerprint density at radius 2 is 1.79 bits per heavy atom. The lowest BCUT2D eigenvalue weighted by Gasteiger charge is -2.22. The van der Waals surface area contributed by atoms with Crippen molar-refractivity contribution in [3.63, 3.8) is 0 Å². The number of amides is 1. The summed E-state index contributed by atoms with van der Waals surface area (Å²) in [7, 11) is 0. The number of carbonyl (C=O) groups excluding carboxylic acids is 1. The molecule has 3 heterocycles. The van der Waals surface area contributed by atoms with Crippen LogP contribution in [0.25, 0.3) is 22.2 Å². The van der Waals surface area contributed by atoms with Gasteiger partial charge in [0.05, 0.1) is 0 Å². The van der Waals surface area contributed by atoms with Crippen LogP contribution in [0.4, 0.5) is 5.82 Å². The van der Waals surface area contributed by atoms with E-state index < -0.39 is 0 Å². The second kappa shape index (κ2) is 8.00. The molecule has 0 radical (unpaired) electrons. The first-order chi connectivity index (χ1) is 13.7. The van der Waals surface area contributed by atoms with Gasteiger partial charge in [-0.2, -0.15) is 0 Å². The number of fused-ring (bicyclic) bond motifs is 1. The van der Waals surface area contributed by atoms with Gasteiger partial charge in [-0.3, -0.25) is 4.79 Å². The van der Waals surface area contributed by atoms with E-state index in [1.165, 1.54) is 0 Å². The molecule has 1 amide bonds. The molecule has 1 fully saturated rings. The largest absolute Gasteiger partial charge is 0.355 e. The molecule has 1 aliphatic rings. The number of rotatable bonds is 6. The molecule has 4 rings (SSSR count). The van der Waals surface area contributed by atoms with Crippen LogP contribution in [-0.4, -0.2) is 51.5 Å².